The monoisotopic (exact) mass is 301 g/mol. The van der Waals surface area contributed by atoms with E-state index in [4.69, 9.17) is 21.6 Å². The van der Waals surface area contributed by atoms with Gasteiger partial charge >= 0.3 is 0 Å². The first-order valence-corrected chi connectivity index (χ1v) is 7.50. The molecule has 1 aliphatic rings. The average molecular weight is 302 g/mol. The summed E-state index contributed by atoms with van der Waals surface area (Å²) in [6, 6.07) is 9.58. The molecule has 0 aliphatic heterocycles. The van der Waals surface area contributed by atoms with Crippen LogP contribution in [0.2, 0.25) is 5.02 Å². The Bertz CT molecular complexity index is 668. The van der Waals surface area contributed by atoms with Gasteiger partial charge in [-0.15, -0.1) is 0 Å². The third kappa shape index (κ3) is 3.20. The topological polar surface area (TPSA) is 50.8 Å². The molecule has 2 aromatic rings. The molecule has 0 atom stereocenters. The van der Waals surface area contributed by atoms with Gasteiger partial charge in [0.15, 0.2) is 0 Å². The number of rotatable bonds is 4. The van der Waals surface area contributed by atoms with Gasteiger partial charge in [-0.25, -0.2) is 0 Å². The summed E-state index contributed by atoms with van der Waals surface area (Å²) in [5.74, 6) is 0.575. The minimum atomic E-state index is 0.380. The van der Waals surface area contributed by atoms with Crippen LogP contribution in [0.5, 0.6) is 5.75 Å². The minimum Gasteiger partial charge on any atom is -0.486 e. The van der Waals surface area contributed by atoms with Gasteiger partial charge in [-0.3, -0.25) is 4.68 Å². The number of ether oxygens (including phenoxy) is 1. The van der Waals surface area contributed by atoms with Gasteiger partial charge in [0.1, 0.15) is 12.4 Å². The Hall–Kier alpha value is -1.99. The fourth-order valence-corrected chi connectivity index (χ4v) is 2.90. The van der Waals surface area contributed by atoms with E-state index in [0.29, 0.717) is 29.0 Å². The lowest BCUT2D eigenvalue weighted by Crippen LogP contribution is -2.06. The second-order valence-electron chi connectivity index (χ2n) is 5.27. The Morgan fingerprint density at radius 3 is 2.86 bits per heavy atom. The molecule has 0 radical (unpaired) electrons. The molecule has 0 unspecified atom stereocenters. The fourth-order valence-electron chi connectivity index (χ4n) is 2.67. The summed E-state index contributed by atoms with van der Waals surface area (Å²) in [5.41, 5.74) is 1.42. The van der Waals surface area contributed by atoms with Gasteiger partial charge in [-0.05, 0) is 37.1 Å². The van der Waals surface area contributed by atoms with Gasteiger partial charge in [-0.1, -0.05) is 24.4 Å². The Morgan fingerprint density at radius 1 is 1.33 bits per heavy atom. The standard InChI is InChI=1S/C16H16ClN3O/c17-15-9-12(10-18)5-6-16(15)21-11-13-7-8-20(19-13)14-3-1-2-4-14/h5-9,14H,1-4,11H2. The van der Waals surface area contributed by atoms with Crippen LogP contribution in [0.3, 0.4) is 0 Å². The summed E-state index contributed by atoms with van der Waals surface area (Å²) in [7, 11) is 0. The summed E-state index contributed by atoms with van der Waals surface area (Å²) in [4.78, 5) is 0. The molecule has 0 N–H and O–H groups in total. The van der Waals surface area contributed by atoms with Gasteiger partial charge < -0.3 is 4.74 Å². The molecular formula is C16H16ClN3O. The summed E-state index contributed by atoms with van der Waals surface area (Å²) in [5, 5.41) is 13.8. The molecule has 0 saturated heterocycles. The van der Waals surface area contributed by atoms with E-state index in [-0.39, 0.29) is 0 Å². The van der Waals surface area contributed by atoms with Crippen molar-refractivity contribution in [3.05, 3.63) is 46.7 Å². The second kappa shape index (κ2) is 6.19. The van der Waals surface area contributed by atoms with Crippen molar-refractivity contribution in [2.75, 3.05) is 0 Å². The molecule has 1 aromatic heterocycles. The van der Waals surface area contributed by atoms with E-state index in [2.05, 4.69) is 5.10 Å². The first-order valence-electron chi connectivity index (χ1n) is 7.13. The molecule has 4 nitrogen and oxygen atoms in total. The van der Waals surface area contributed by atoms with Gasteiger partial charge in [-0.2, -0.15) is 10.4 Å². The summed E-state index contributed by atoms with van der Waals surface area (Å²) >= 11 is 6.08. The highest BCUT2D eigenvalue weighted by Crippen LogP contribution is 2.29. The summed E-state index contributed by atoms with van der Waals surface area (Å²) in [6.45, 7) is 0.380. The Labute approximate surface area is 128 Å². The summed E-state index contributed by atoms with van der Waals surface area (Å²) < 4.78 is 7.73. The average Bonchev–Trinajstić information content (AvgIpc) is 3.16. The molecule has 108 valence electrons. The molecular weight excluding hydrogens is 286 g/mol. The molecule has 1 aliphatic carbocycles. The van der Waals surface area contributed by atoms with Crippen LogP contribution in [-0.2, 0) is 6.61 Å². The lowest BCUT2D eigenvalue weighted by atomic mass is 10.2. The molecule has 1 fully saturated rings. The van der Waals surface area contributed by atoms with E-state index >= 15 is 0 Å². The third-order valence-electron chi connectivity index (χ3n) is 3.80. The van der Waals surface area contributed by atoms with Crippen LogP contribution in [0.1, 0.15) is 43.0 Å². The Morgan fingerprint density at radius 2 is 2.14 bits per heavy atom. The van der Waals surface area contributed by atoms with E-state index in [1.165, 1.54) is 25.7 Å². The number of benzene rings is 1. The van der Waals surface area contributed by atoms with Crippen molar-refractivity contribution in [1.29, 1.82) is 5.26 Å². The Balaban J connectivity index is 1.64. The highest BCUT2D eigenvalue weighted by atomic mass is 35.5. The number of halogens is 1. The lowest BCUT2D eigenvalue weighted by molar-refractivity contribution is 0.298. The molecule has 1 saturated carbocycles. The predicted octanol–water partition coefficient (Wildman–Crippen LogP) is 4.10. The first kappa shape index (κ1) is 14.0. The zero-order valence-corrected chi connectivity index (χ0v) is 12.4. The van der Waals surface area contributed by atoms with Crippen molar-refractivity contribution in [2.24, 2.45) is 0 Å². The first-order chi connectivity index (χ1) is 10.3. The molecule has 1 heterocycles. The van der Waals surface area contributed by atoms with Crippen molar-refractivity contribution in [3.63, 3.8) is 0 Å². The number of hydrogen-bond donors (Lipinski definition) is 0. The van der Waals surface area contributed by atoms with Crippen LogP contribution in [0.4, 0.5) is 0 Å². The van der Waals surface area contributed by atoms with Crippen molar-refractivity contribution >= 4 is 11.6 Å². The van der Waals surface area contributed by atoms with Gasteiger partial charge in [0, 0.05) is 6.20 Å². The van der Waals surface area contributed by atoms with Crippen LogP contribution in [0, 0.1) is 11.3 Å². The zero-order valence-electron chi connectivity index (χ0n) is 11.6. The predicted molar refractivity (Wildman–Crippen MR) is 80.2 cm³/mol. The van der Waals surface area contributed by atoms with Crippen LogP contribution < -0.4 is 4.74 Å². The minimum absolute atomic E-state index is 0.380. The Kier molecular flexibility index (Phi) is 4.12. The SMILES string of the molecule is N#Cc1ccc(OCc2ccn(C3CCCC3)n2)c(Cl)c1. The quantitative estimate of drug-likeness (QED) is 0.854. The van der Waals surface area contributed by atoms with Gasteiger partial charge in [0.25, 0.3) is 0 Å². The zero-order chi connectivity index (χ0) is 14.7. The van der Waals surface area contributed by atoms with Crippen molar-refractivity contribution in [3.8, 4) is 11.8 Å². The highest BCUT2D eigenvalue weighted by molar-refractivity contribution is 6.32. The molecule has 0 amide bonds. The van der Waals surface area contributed by atoms with E-state index in [1.54, 1.807) is 18.2 Å². The summed E-state index contributed by atoms with van der Waals surface area (Å²) in [6.07, 6.45) is 7.02. The van der Waals surface area contributed by atoms with Crippen LogP contribution >= 0.6 is 11.6 Å². The fraction of sp³-hybridized carbons (Fsp3) is 0.375. The van der Waals surface area contributed by atoms with Gasteiger partial charge in [0.2, 0.25) is 0 Å². The third-order valence-corrected chi connectivity index (χ3v) is 4.09. The molecule has 3 rings (SSSR count). The smallest absolute Gasteiger partial charge is 0.138 e. The van der Waals surface area contributed by atoms with Crippen molar-refractivity contribution < 1.29 is 4.74 Å². The van der Waals surface area contributed by atoms with Crippen LogP contribution in [-0.4, -0.2) is 9.78 Å². The normalized spacial score (nSPS) is 15.0. The maximum absolute atomic E-state index is 8.81. The van der Waals surface area contributed by atoms with E-state index in [0.717, 1.165) is 5.69 Å². The second-order valence-corrected chi connectivity index (χ2v) is 5.68. The van der Waals surface area contributed by atoms with E-state index in [1.807, 2.05) is 23.0 Å². The van der Waals surface area contributed by atoms with E-state index in [9.17, 15) is 0 Å². The highest BCUT2D eigenvalue weighted by Gasteiger charge is 2.17. The number of nitrogens with zero attached hydrogens (tertiary/aromatic N) is 3. The number of nitriles is 1. The maximum atomic E-state index is 8.81. The molecule has 5 heteroatoms. The van der Waals surface area contributed by atoms with Crippen molar-refractivity contribution in [1.82, 2.24) is 9.78 Å². The molecule has 21 heavy (non-hydrogen) atoms. The van der Waals surface area contributed by atoms with Crippen molar-refractivity contribution in [2.45, 2.75) is 38.3 Å². The molecule has 0 spiro atoms. The number of aromatic nitrogens is 2. The van der Waals surface area contributed by atoms with Gasteiger partial charge in [0.05, 0.1) is 28.4 Å². The maximum Gasteiger partial charge on any atom is 0.138 e. The van der Waals surface area contributed by atoms with Crippen LogP contribution in [0.15, 0.2) is 30.5 Å². The van der Waals surface area contributed by atoms with E-state index < -0.39 is 0 Å². The largest absolute Gasteiger partial charge is 0.486 e. The molecule has 1 aromatic carbocycles. The number of hydrogen-bond acceptors (Lipinski definition) is 3. The van der Waals surface area contributed by atoms with Crippen LogP contribution in [0.25, 0.3) is 0 Å². The molecule has 0 bridgehead atoms. The lowest BCUT2D eigenvalue weighted by Gasteiger charge is -2.09.